The first-order valence-corrected chi connectivity index (χ1v) is 6.13. The van der Waals surface area contributed by atoms with E-state index in [0.717, 1.165) is 4.90 Å². The maximum Gasteiger partial charge on any atom is 0.276 e. The van der Waals surface area contributed by atoms with Gasteiger partial charge in [-0.15, -0.1) is 0 Å². The maximum atomic E-state index is 12.4. The van der Waals surface area contributed by atoms with Crippen LogP contribution in [-0.4, -0.2) is 40.9 Å². The summed E-state index contributed by atoms with van der Waals surface area (Å²) in [5.41, 5.74) is 0.650. The largest absolute Gasteiger partial charge is 0.385 e. The molecule has 0 aliphatic carbocycles. The van der Waals surface area contributed by atoms with Crippen molar-refractivity contribution in [3.8, 4) is 12.1 Å². The highest BCUT2D eigenvalue weighted by Gasteiger charge is 2.21. The van der Waals surface area contributed by atoms with Crippen molar-refractivity contribution in [3.05, 3.63) is 17.7 Å². The molecule has 0 saturated carbocycles. The van der Waals surface area contributed by atoms with E-state index in [1.165, 1.54) is 6.20 Å². The fraction of sp³-hybridized carbons (Fsp3) is 0.462. The molecule has 1 N–H and O–H groups in total. The van der Waals surface area contributed by atoms with Crippen LogP contribution in [0.1, 0.15) is 36.1 Å². The third-order valence-corrected chi connectivity index (χ3v) is 2.61. The smallest absolute Gasteiger partial charge is 0.276 e. The third kappa shape index (κ3) is 3.42. The SMILES string of the molecule is CNc1cnc(C(C)C)nc1C(=O)N(CC#N)CC#N. The molecule has 1 aromatic heterocycles. The van der Waals surface area contributed by atoms with Crippen LogP contribution in [0.25, 0.3) is 0 Å². The molecule has 20 heavy (non-hydrogen) atoms. The van der Waals surface area contributed by atoms with Gasteiger partial charge in [-0.2, -0.15) is 10.5 Å². The summed E-state index contributed by atoms with van der Waals surface area (Å²) in [6.45, 7) is 3.53. The maximum absolute atomic E-state index is 12.4. The molecule has 1 amide bonds. The predicted molar refractivity (Wildman–Crippen MR) is 72.8 cm³/mol. The molecule has 1 rings (SSSR count). The molecule has 7 heteroatoms. The molecule has 0 aliphatic heterocycles. The lowest BCUT2D eigenvalue weighted by Crippen LogP contribution is -2.33. The van der Waals surface area contributed by atoms with Gasteiger partial charge in [0.2, 0.25) is 0 Å². The molecule has 0 saturated heterocycles. The van der Waals surface area contributed by atoms with Gasteiger partial charge in [-0.3, -0.25) is 4.79 Å². The predicted octanol–water partition coefficient (Wildman–Crippen LogP) is 1.13. The summed E-state index contributed by atoms with van der Waals surface area (Å²) in [4.78, 5) is 21.9. The van der Waals surface area contributed by atoms with Crippen LogP contribution in [0.2, 0.25) is 0 Å². The van der Waals surface area contributed by atoms with Gasteiger partial charge in [-0.25, -0.2) is 9.97 Å². The summed E-state index contributed by atoms with van der Waals surface area (Å²) >= 11 is 0. The Labute approximate surface area is 117 Å². The van der Waals surface area contributed by atoms with Gasteiger partial charge < -0.3 is 10.2 Å². The summed E-state index contributed by atoms with van der Waals surface area (Å²) in [6.07, 6.45) is 1.53. The standard InChI is InChI=1S/C13H16N6O/c1-9(2)12-17-8-10(16-3)11(18-12)13(20)19(6-4-14)7-5-15/h8-9,16H,6-7H2,1-3H3. The summed E-state index contributed by atoms with van der Waals surface area (Å²) in [5, 5.41) is 20.3. The van der Waals surface area contributed by atoms with Crippen molar-refractivity contribution in [2.75, 3.05) is 25.5 Å². The number of hydrogen-bond donors (Lipinski definition) is 1. The van der Waals surface area contributed by atoms with Crippen LogP contribution < -0.4 is 5.32 Å². The van der Waals surface area contributed by atoms with Crippen molar-refractivity contribution in [1.29, 1.82) is 10.5 Å². The molecule has 0 aromatic carbocycles. The number of nitriles is 2. The quantitative estimate of drug-likeness (QED) is 0.805. The molecule has 0 fully saturated rings. The Balaban J connectivity index is 3.21. The second-order valence-corrected chi connectivity index (χ2v) is 4.37. The molecule has 0 radical (unpaired) electrons. The van der Waals surface area contributed by atoms with E-state index in [-0.39, 0.29) is 24.7 Å². The van der Waals surface area contributed by atoms with Gasteiger partial charge in [-0.1, -0.05) is 13.8 Å². The molecular formula is C13H16N6O. The minimum Gasteiger partial charge on any atom is -0.385 e. The molecule has 7 nitrogen and oxygen atoms in total. The fourth-order valence-corrected chi connectivity index (χ4v) is 1.54. The Kier molecular flexibility index (Phi) is 5.42. The second-order valence-electron chi connectivity index (χ2n) is 4.37. The zero-order chi connectivity index (χ0) is 15.1. The van der Waals surface area contributed by atoms with Gasteiger partial charge in [0.15, 0.2) is 5.69 Å². The van der Waals surface area contributed by atoms with Crippen LogP contribution in [0.5, 0.6) is 0 Å². The number of nitrogens with zero attached hydrogens (tertiary/aromatic N) is 5. The van der Waals surface area contributed by atoms with Crippen molar-refractivity contribution in [2.24, 2.45) is 0 Å². The average molecular weight is 272 g/mol. The molecule has 0 spiro atoms. The lowest BCUT2D eigenvalue weighted by Gasteiger charge is -2.18. The van der Waals surface area contributed by atoms with E-state index in [1.54, 1.807) is 7.05 Å². The first-order chi connectivity index (χ1) is 9.54. The molecule has 1 aromatic rings. The van der Waals surface area contributed by atoms with E-state index in [9.17, 15) is 4.79 Å². The van der Waals surface area contributed by atoms with Crippen LogP contribution in [0, 0.1) is 22.7 Å². The van der Waals surface area contributed by atoms with Crippen LogP contribution in [0.4, 0.5) is 5.69 Å². The van der Waals surface area contributed by atoms with E-state index in [2.05, 4.69) is 15.3 Å². The van der Waals surface area contributed by atoms with Crippen LogP contribution in [-0.2, 0) is 0 Å². The Morgan fingerprint density at radius 3 is 2.45 bits per heavy atom. The first kappa shape index (κ1) is 15.4. The first-order valence-electron chi connectivity index (χ1n) is 6.13. The molecule has 0 bridgehead atoms. The molecular weight excluding hydrogens is 256 g/mol. The van der Waals surface area contributed by atoms with Crippen molar-refractivity contribution in [1.82, 2.24) is 14.9 Å². The van der Waals surface area contributed by atoms with E-state index in [4.69, 9.17) is 10.5 Å². The molecule has 0 aliphatic rings. The molecule has 0 atom stereocenters. The van der Waals surface area contributed by atoms with Crippen molar-refractivity contribution < 1.29 is 4.79 Å². The summed E-state index contributed by atoms with van der Waals surface area (Å²) in [6, 6.07) is 3.74. The Hall–Kier alpha value is -2.67. The Bertz CT molecular complexity index is 553. The monoisotopic (exact) mass is 272 g/mol. The topological polar surface area (TPSA) is 106 Å². The van der Waals surface area contributed by atoms with Crippen molar-refractivity contribution >= 4 is 11.6 Å². The zero-order valence-corrected chi connectivity index (χ0v) is 11.7. The van der Waals surface area contributed by atoms with Crippen molar-refractivity contribution in [3.63, 3.8) is 0 Å². The van der Waals surface area contributed by atoms with E-state index in [1.807, 2.05) is 26.0 Å². The third-order valence-electron chi connectivity index (χ3n) is 2.61. The summed E-state index contributed by atoms with van der Waals surface area (Å²) in [5.74, 6) is 0.163. The number of amides is 1. The minimum atomic E-state index is -0.457. The van der Waals surface area contributed by atoms with Crippen LogP contribution in [0.15, 0.2) is 6.20 Å². The Morgan fingerprint density at radius 2 is 2.00 bits per heavy atom. The molecule has 1 heterocycles. The Morgan fingerprint density at radius 1 is 1.40 bits per heavy atom. The summed E-state index contributed by atoms with van der Waals surface area (Å²) < 4.78 is 0. The van der Waals surface area contributed by atoms with E-state index in [0.29, 0.717) is 11.5 Å². The number of rotatable bonds is 5. The van der Waals surface area contributed by atoms with Gasteiger partial charge in [0.25, 0.3) is 5.91 Å². The van der Waals surface area contributed by atoms with Gasteiger partial charge in [0.05, 0.1) is 24.0 Å². The summed E-state index contributed by atoms with van der Waals surface area (Å²) in [7, 11) is 1.66. The highest BCUT2D eigenvalue weighted by Crippen LogP contribution is 2.17. The number of carbonyl (C=O) groups is 1. The minimum absolute atomic E-state index is 0.0767. The molecule has 104 valence electrons. The van der Waals surface area contributed by atoms with Gasteiger partial charge in [0.1, 0.15) is 18.9 Å². The zero-order valence-electron chi connectivity index (χ0n) is 11.7. The van der Waals surface area contributed by atoms with Crippen LogP contribution >= 0.6 is 0 Å². The van der Waals surface area contributed by atoms with E-state index < -0.39 is 5.91 Å². The lowest BCUT2D eigenvalue weighted by molar-refractivity contribution is 0.0789. The number of carbonyl (C=O) groups excluding carboxylic acids is 1. The number of anilines is 1. The highest BCUT2D eigenvalue weighted by atomic mass is 16.2. The highest BCUT2D eigenvalue weighted by molar-refractivity contribution is 5.97. The number of aromatic nitrogens is 2. The lowest BCUT2D eigenvalue weighted by atomic mass is 10.2. The van der Waals surface area contributed by atoms with Crippen LogP contribution in [0.3, 0.4) is 0 Å². The fourth-order valence-electron chi connectivity index (χ4n) is 1.54. The molecule has 0 unspecified atom stereocenters. The van der Waals surface area contributed by atoms with E-state index >= 15 is 0 Å². The second kappa shape index (κ2) is 7.05. The number of hydrogen-bond acceptors (Lipinski definition) is 6. The number of nitrogens with one attached hydrogen (secondary N) is 1. The van der Waals surface area contributed by atoms with Gasteiger partial charge >= 0.3 is 0 Å². The van der Waals surface area contributed by atoms with Gasteiger partial charge in [0, 0.05) is 13.0 Å². The van der Waals surface area contributed by atoms with Crippen molar-refractivity contribution in [2.45, 2.75) is 19.8 Å². The average Bonchev–Trinajstić information content (AvgIpc) is 2.45. The van der Waals surface area contributed by atoms with Gasteiger partial charge in [-0.05, 0) is 0 Å². The normalized spacial score (nSPS) is 9.70.